The van der Waals surface area contributed by atoms with Crippen LogP contribution in [-0.2, 0) is 9.59 Å². The number of thioether (sulfide) groups is 1. The van der Waals surface area contributed by atoms with Gasteiger partial charge < -0.3 is 5.11 Å². The minimum atomic E-state index is -1.04. The van der Waals surface area contributed by atoms with Crippen LogP contribution in [0.15, 0.2) is 29.2 Å². The van der Waals surface area contributed by atoms with E-state index >= 15 is 0 Å². The highest BCUT2D eigenvalue weighted by Gasteiger charge is 2.39. The fourth-order valence-corrected chi connectivity index (χ4v) is 3.45. The lowest BCUT2D eigenvalue weighted by Crippen LogP contribution is -2.43. The molecule has 4 nitrogen and oxygen atoms in total. The second-order valence-electron chi connectivity index (χ2n) is 4.67. The Morgan fingerprint density at radius 1 is 1.48 bits per heavy atom. The highest BCUT2D eigenvalue weighted by Crippen LogP contribution is 2.34. The topological polar surface area (TPSA) is 57.6 Å². The van der Waals surface area contributed by atoms with Gasteiger partial charge in [0, 0.05) is 0 Å². The number of thiocarbonyl (C=S) groups is 1. The summed E-state index contributed by atoms with van der Waals surface area (Å²) in [6, 6.07) is 6.79. The van der Waals surface area contributed by atoms with E-state index < -0.39 is 12.0 Å². The predicted molar refractivity (Wildman–Crippen MR) is 87.9 cm³/mol. The van der Waals surface area contributed by atoms with Crippen molar-refractivity contribution in [2.24, 2.45) is 0 Å². The summed E-state index contributed by atoms with van der Waals surface area (Å²) in [6.45, 7) is 3.68. The maximum atomic E-state index is 12.4. The average molecular weight is 321 g/mol. The number of aryl methyl sites for hydroxylation is 1. The summed E-state index contributed by atoms with van der Waals surface area (Å²) in [7, 11) is 0. The molecule has 6 heteroatoms. The molecule has 1 N–H and O–H groups in total. The van der Waals surface area contributed by atoms with Gasteiger partial charge in [0.15, 0.2) is 0 Å². The number of rotatable bonds is 4. The average Bonchev–Trinajstić information content (AvgIpc) is 2.70. The van der Waals surface area contributed by atoms with Crippen molar-refractivity contribution in [2.75, 3.05) is 0 Å². The van der Waals surface area contributed by atoms with E-state index in [0.29, 0.717) is 15.6 Å². The SMILES string of the molecule is CC[C@@H](C(=O)O)N1C(=O)/C(=C\c2ccccc2C)SC1=S. The number of aliphatic carboxylic acids is 1. The lowest BCUT2D eigenvalue weighted by Gasteiger charge is -2.21. The lowest BCUT2D eigenvalue weighted by atomic mass is 10.1. The van der Waals surface area contributed by atoms with Crippen LogP contribution in [0.3, 0.4) is 0 Å². The fourth-order valence-electron chi connectivity index (χ4n) is 2.11. The molecule has 1 heterocycles. The zero-order valence-corrected chi connectivity index (χ0v) is 13.3. The molecular weight excluding hydrogens is 306 g/mol. The van der Waals surface area contributed by atoms with E-state index in [1.165, 1.54) is 4.90 Å². The number of hydrogen-bond acceptors (Lipinski definition) is 4. The quantitative estimate of drug-likeness (QED) is 0.682. The Labute approximate surface area is 132 Å². The Hall–Kier alpha value is -1.66. The minimum Gasteiger partial charge on any atom is -0.480 e. The molecule has 0 spiro atoms. The van der Waals surface area contributed by atoms with Gasteiger partial charge in [-0.2, -0.15) is 0 Å². The second-order valence-corrected chi connectivity index (χ2v) is 6.35. The van der Waals surface area contributed by atoms with Gasteiger partial charge in [-0.1, -0.05) is 55.2 Å². The molecule has 1 fully saturated rings. The molecule has 21 heavy (non-hydrogen) atoms. The normalized spacial score (nSPS) is 18.4. The maximum absolute atomic E-state index is 12.4. The molecule has 1 amide bonds. The number of amides is 1. The van der Waals surface area contributed by atoms with Crippen LogP contribution in [0.4, 0.5) is 0 Å². The van der Waals surface area contributed by atoms with Gasteiger partial charge in [-0.3, -0.25) is 9.69 Å². The molecule has 110 valence electrons. The van der Waals surface area contributed by atoms with E-state index in [0.717, 1.165) is 22.9 Å². The van der Waals surface area contributed by atoms with E-state index in [2.05, 4.69) is 0 Å². The van der Waals surface area contributed by atoms with Gasteiger partial charge in [-0.15, -0.1) is 0 Å². The first-order chi connectivity index (χ1) is 9.95. The molecule has 0 aliphatic carbocycles. The standard InChI is InChI=1S/C15H15NO3S2/c1-3-11(14(18)19)16-13(17)12(21-15(16)20)8-10-7-5-4-6-9(10)2/h4-8,11H,3H2,1-2H3,(H,18,19)/b12-8+/t11-/m0/s1. The second kappa shape index (κ2) is 6.41. The van der Waals surface area contributed by atoms with Gasteiger partial charge in [-0.05, 0) is 30.5 Å². The van der Waals surface area contributed by atoms with Crippen LogP contribution in [0.2, 0.25) is 0 Å². The number of carboxylic acids is 1. The molecule has 1 atom stereocenters. The van der Waals surface area contributed by atoms with Crippen molar-refractivity contribution in [1.29, 1.82) is 0 Å². The molecule has 1 aromatic rings. The third-order valence-corrected chi connectivity index (χ3v) is 4.61. The number of carboxylic acid groups (broad SMARTS) is 1. The van der Waals surface area contributed by atoms with Crippen molar-refractivity contribution in [2.45, 2.75) is 26.3 Å². The first kappa shape index (κ1) is 15.7. The monoisotopic (exact) mass is 321 g/mol. The van der Waals surface area contributed by atoms with Gasteiger partial charge in [0.05, 0.1) is 4.91 Å². The fraction of sp³-hybridized carbons (Fsp3) is 0.267. The lowest BCUT2D eigenvalue weighted by molar-refractivity contribution is -0.145. The van der Waals surface area contributed by atoms with Gasteiger partial charge in [-0.25, -0.2) is 4.79 Å². The summed E-state index contributed by atoms with van der Waals surface area (Å²) < 4.78 is 0.300. The van der Waals surface area contributed by atoms with E-state index in [-0.39, 0.29) is 5.91 Å². The number of carbonyl (C=O) groups is 2. The van der Waals surface area contributed by atoms with Crippen molar-refractivity contribution in [3.8, 4) is 0 Å². The summed E-state index contributed by atoms with van der Waals surface area (Å²) in [5.74, 6) is -1.37. The highest BCUT2D eigenvalue weighted by atomic mass is 32.2. The Balaban J connectivity index is 2.34. The summed E-state index contributed by atoms with van der Waals surface area (Å²) in [5, 5.41) is 9.21. The summed E-state index contributed by atoms with van der Waals surface area (Å²) in [5.41, 5.74) is 1.98. The molecule has 0 radical (unpaired) electrons. The van der Waals surface area contributed by atoms with Crippen LogP contribution in [0.5, 0.6) is 0 Å². The Kier molecular flexibility index (Phi) is 4.80. The number of hydrogen-bond donors (Lipinski definition) is 1. The Bertz CT molecular complexity index is 640. The molecule has 1 saturated heterocycles. The van der Waals surface area contributed by atoms with E-state index in [4.69, 9.17) is 12.2 Å². The molecule has 0 aromatic heterocycles. The molecule has 2 rings (SSSR count). The van der Waals surface area contributed by atoms with Crippen LogP contribution >= 0.6 is 24.0 Å². The van der Waals surface area contributed by atoms with Crippen molar-refractivity contribution in [1.82, 2.24) is 4.90 Å². The number of benzene rings is 1. The van der Waals surface area contributed by atoms with E-state index in [1.807, 2.05) is 31.2 Å². The largest absolute Gasteiger partial charge is 0.480 e. The smallest absolute Gasteiger partial charge is 0.326 e. The first-order valence-electron chi connectivity index (χ1n) is 6.51. The van der Waals surface area contributed by atoms with Crippen molar-refractivity contribution < 1.29 is 14.7 Å². The van der Waals surface area contributed by atoms with Crippen molar-refractivity contribution in [3.63, 3.8) is 0 Å². The number of carbonyl (C=O) groups excluding carboxylic acids is 1. The molecule has 1 aliphatic heterocycles. The molecular formula is C15H15NO3S2. The zero-order chi connectivity index (χ0) is 15.6. The molecule has 0 bridgehead atoms. The molecule has 0 unspecified atom stereocenters. The summed E-state index contributed by atoms with van der Waals surface area (Å²) in [6.07, 6.45) is 2.09. The van der Waals surface area contributed by atoms with Gasteiger partial charge >= 0.3 is 5.97 Å². The number of nitrogens with zero attached hydrogens (tertiary/aromatic N) is 1. The highest BCUT2D eigenvalue weighted by molar-refractivity contribution is 8.26. The van der Waals surface area contributed by atoms with E-state index in [1.54, 1.807) is 13.0 Å². The molecule has 0 saturated carbocycles. The minimum absolute atomic E-state index is 0.300. The van der Waals surface area contributed by atoms with Crippen LogP contribution in [0.1, 0.15) is 24.5 Å². The maximum Gasteiger partial charge on any atom is 0.326 e. The molecule has 1 aromatic carbocycles. The molecule has 1 aliphatic rings. The van der Waals surface area contributed by atoms with Gasteiger partial charge in [0.1, 0.15) is 10.4 Å². The van der Waals surface area contributed by atoms with Crippen LogP contribution < -0.4 is 0 Å². The Morgan fingerprint density at radius 3 is 2.71 bits per heavy atom. The first-order valence-corrected chi connectivity index (χ1v) is 7.73. The van der Waals surface area contributed by atoms with Crippen molar-refractivity contribution >= 4 is 46.3 Å². The Morgan fingerprint density at radius 2 is 2.14 bits per heavy atom. The van der Waals surface area contributed by atoms with Gasteiger partial charge in [0.2, 0.25) is 0 Å². The van der Waals surface area contributed by atoms with Crippen molar-refractivity contribution in [3.05, 3.63) is 40.3 Å². The summed E-state index contributed by atoms with van der Waals surface area (Å²) >= 11 is 6.32. The zero-order valence-electron chi connectivity index (χ0n) is 11.7. The van der Waals surface area contributed by atoms with Crippen LogP contribution in [0.25, 0.3) is 6.08 Å². The third-order valence-electron chi connectivity index (χ3n) is 3.28. The third kappa shape index (κ3) is 3.16. The van der Waals surface area contributed by atoms with E-state index in [9.17, 15) is 14.7 Å². The van der Waals surface area contributed by atoms with Gasteiger partial charge in [0.25, 0.3) is 5.91 Å². The predicted octanol–water partition coefficient (Wildman–Crippen LogP) is 3.06. The van der Waals surface area contributed by atoms with Crippen LogP contribution in [0, 0.1) is 6.92 Å². The van der Waals surface area contributed by atoms with Crippen LogP contribution in [-0.4, -0.2) is 32.2 Å². The summed E-state index contributed by atoms with van der Waals surface area (Å²) in [4.78, 5) is 25.3.